The molecule has 1 N–H and O–H groups in total. The summed E-state index contributed by atoms with van der Waals surface area (Å²) >= 11 is 8.05. The molecule has 0 unspecified atom stereocenters. The highest BCUT2D eigenvalue weighted by Gasteiger charge is 2.32. The van der Waals surface area contributed by atoms with Crippen LogP contribution < -0.4 is 5.32 Å². The third-order valence-electron chi connectivity index (χ3n) is 5.81. The molecule has 0 aliphatic rings. The summed E-state index contributed by atoms with van der Waals surface area (Å²) in [5.74, 6) is 0.747. The van der Waals surface area contributed by atoms with Crippen molar-refractivity contribution in [2.45, 2.75) is 58.0 Å². The van der Waals surface area contributed by atoms with Gasteiger partial charge in [0, 0.05) is 29.3 Å². The summed E-state index contributed by atoms with van der Waals surface area (Å²) in [4.78, 5) is 29.0. The zero-order valence-electron chi connectivity index (χ0n) is 21.5. The molecule has 0 heterocycles. The first-order valence-electron chi connectivity index (χ1n) is 12.1. The second kappa shape index (κ2) is 13.0. The highest BCUT2D eigenvalue weighted by Crippen LogP contribution is 2.23. The van der Waals surface area contributed by atoms with Crippen LogP contribution in [0.5, 0.6) is 0 Å². The van der Waals surface area contributed by atoms with Gasteiger partial charge in [0.15, 0.2) is 0 Å². The fourth-order valence-electron chi connectivity index (χ4n) is 3.92. The van der Waals surface area contributed by atoms with Gasteiger partial charge in [0.25, 0.3) is 0 Å². The minimum atomic E-state index is -0.672. The molecule has 0 aliphatic carbocycles. The molecule has 0 spiro atoms. The molecule has 0 saturated heterocycles. The summed E-state index contributed by atoms with van der Waals surface area (Å²) in [5, 5.41) is 3.67. The van der Waals surface area contributed by atoms with E-state index in [1.807, 2.05) is 87.5 Å². The van der Waals surface area contributed by atoms with Crippen LogP contribution in [0.25, 0.3) is 0 Å². The molecule has 0 radical (unpaired) electrons. The molecule has 0 aromatic heterocycles. The number of thioether (sulfide) groups is 1. The van der Waals surface area contributed by atoms with Crippen molar-refractivity contribution in [3.63, 3.8) is 0 Å². The Hall–Kier alpha value is -2.76. The molecule has 6 heteroatoms. The molecule has 4 nitrogen and oxygen atoms in total. The third-order valence-corrected chi connectivity index (χ3v) is 7.15. The number of hydrogen-bond donors (Lipinski definition) is 1. The number of benzene rings is 3. The van der Waals surface area contributed by atoms with Gasteiger partial charge in [-0.25, -0.2) is 0 Å². The summed E-state index contributed by atoms with van der Waals surface area (Å²) in [5.41, 5.74) is 3.80. The van der Waals surface area contributed by atoms with Crippen LogP contribution in [0.1, 0.15) is 43.0 Å². The van der Waals surface area contributed by atoms with Crippen molar-refractivity contribution in [2.75, 3.05) is 5.75 Å². The van der Waals surface area contributed by atoms with Crippen LogP contribution in [0.2, 0.25) is 5.02 Å². The molecule has 2 amide bonds. The third kappa shape index (κ3) is 8.42. The predicted octanol–water partition coefficient (Wildman–Crippen LogP) is 6.44. The number of carbonyl (C=O) groups is 2. The first kappa shape index (κ1) is 27.8. The van der Waals surface area contributed by atoms with Crippen molar-refractivity contribution < 1.29 is 9.59 Å². The Morgan fingerprint density at radius 1 is 0.917 bits per heavy atom. The lowest BCUT2D eigenvalue weighted by Crippen LogP contribution is -2.54. The number of hydrogen-bond acceptors (Lipinski definition) is 3. The molecule has 0 aliphatic heterocycles. The van der Waals surface area contributed by atoms with E-state index in [1.165, 1.54) is 11.1 Å². The molecule has 1 atom stereocenters. The van der Waals surface area contributed by atoms with Crippen molar-refractivity contribution in [2.24, 2.45) is 0 Å². The number of halogens is 1. The average Bonchev–Trinajstić information content (AvgIpc) is 2.83. The first-order chi connectivity index (χ1) is 17.1. The number of nitrogens with zero attached hydrogens (tertiary/aromatic N) is 1. The quantitative estimate of drug-likeness (QED) is 0.333. The van der Waals surface area contributed by atoms with Crippen molar-refractivity contribution in [3.05, 3.63) is 106 Å². The van der Waals surface area contributed by atoms with Gasteiger partial charge in [-0.3, -0.25) is 9.59 Å². The standard InChI is InChI=1S/C30H35ClN2O2S/c1-22-12-8-9-16-25(22)20-36-21-28(34)33(19-24-15-10-11-17-26(24)31)27(29(35)32-30(2,3)4)18-23-13-6-5-7-14-23/h5-17,27H,18-21H2,1-4H3,(H,32,35)/t27-/m1/s1. The van der Waals surface area contributed by atoms with Crippen LogP contribution >= 0.6 is 23.4 Å². The lowest BCUT2D eigenvalue weighted by molar-refractivity contribution is -0.140. The van der Waals surface area contributed by atoms with Gasteiger partial charge in [-0.2, -0.15) is 0 Å². The molecule has 3 aromatic rings. The largest absolute Gasteiger partial charge is 0.350 e. The van der Waals surface area contributed by atoms with Gasteiger partial charge in [-0.1, -0.05) is 84.4 Å². The Kier molecular flexibility index (Phi) is 10.0. The van der Waals surface area contributed by atoms with Gasteiger partial charge in [0.05, 0.1) is 5.75 Å². The number of rotatable bonds is 10. The van der Waals surface area contributed by atoms with Gasteiger partial charge in [-0.05, 0) is 56.0 Å². The minimum Gasteiger partial charge on any atom is -0.350 e. The van der Waals surface area contributed by atoms with Crippen LogP contribution in [0, 0.1) is 6.92 Å². The maximum Gasteiger partial charge on any atom is 0.243 e. The zero-order chi connectivity index (χ0) is 26.1. The van der Waals surface area contributed by atoms with E-state index in [9.17, 15) is 9.59 Å². The number of nitrogens with one attached hydrogen (secondary N) is 1. The Bertz CT molecular complexity index is 1160. The van der Waals surface area contributed by atoms with Gasteiger partial charge in [0.2, 0.25) is 11.8 Å². The maximum atomic E-state index is 13.7. The lowest BCUT2D eigenvalue weighted by atomic mass is 10.0. The average molecular weight is 523 g/mol. The molecular weight excluding hydrogens is 488 g/mol. The molecule has 3 rings (SSSR count). The Morgan fingerprint density at radius 3 is 2.17 bits per heavy atom. The van der Waals surface area contributed by atoms with Gasteiger partial charge in [0.1, 0.15) is 6.04 Å². The smallest absolute Gasteiger partial charge is 0.243 e. The lowest BCUT2D eigenvalue weighted by Gasteiger charge is -2.34. The monoisotopic (exact) mass is 522 g/mol. The second-order valence-corrected chi connectivity index (χ2v) is 11.4. The van der Waals surface area contributed by atoms with Crippen LogP contribution in [0.4, 0.5) is 0 Å². The SMILES string of the molecule is Cc1ccccc1CSCC(=O)N(Cc1ccccc1Cl)[C@H](Cc1ccccc1)C(=O)NC(C)(C)C. The summed E-state index contributed by atoms with van der Waals surface area (Å²) in [6.45, 7) is 8.18. The maximum absolute atomic E-state index is 13.7. The summed E-state index contributed by atoms with van der Waals surface area (Å²) in [6.07, 6.45) is 0.418. The van der Waals surface area contributed by atoms with Gasteiger partial charge in [-0.15, -0.1) is 11.8 Å². The van der Waals surface area contributed by atoms with E-state index in [2.05, 4.69) is 24.4 Å². The zero-order valence-corrected chi connectivity index (χ0v) is 23.0. The number of carbonyl (C=O) groups excluding carboxylic acids is 2. The van der Waals surface area contributed by atoms with Crippen molar-refractivity contribution in [1.29, 1.82) is 0 Å². The summed E-state index contributed by atoms with van der Waals surface area (Å²) in [7, 11) is 0. The molecular formula is C30H35ClN2O2S. The van der Waals surface area contributed by atoms with Gasteiger partial charge >= 0.3 is 0 Å². The second-order valence-electron chi connectivity index (χ2n) is 9.98. The van der Waals surface area contributed by atoms with Crippen molar-refractivity contribution in [3.8, 4) is 0 Å². The molecule has 36 heavy (non-hydrogen) atoms. The number of amides is 2. The molecule has 0 saturated carbocycles. The fourth-order valence-corrected chi connectivity index (χ4v) is 5.10. The number of aryl methyl sites for hydroxylation is 1. The Labute approximate surface area is 224 Å². The Balaban J connectivity index is 1.89. The van der Waals surface area contributed by atoms with E-state index in [-0.39, 0.29) is 24.1 Å². The summed E-state index contributed by atoms with van der Waals surface area (Å²) < 4.78 is 0. The molecule has 3 aromatic carbocycles. The first-order valence-corrected chi connectivity index (χ1v) is 13.7. The predicted molar refractivity (Wildman–Crippen MR) is 151 cm³/mol. The van der Waals surface area contributed by atoms with E-state index >= 15 is 0 Å². The normalized spacial score (nSPS) is 12.1. The van der Waals surface area contributed by atoms with Crippen molar-refractivity contribution >= 4 is 35.2 Å². The van der Waals surface area contributed by atoms with Crippen molar-refractivity contribution in [1.82, 2.24) is 10.2 Å². The molecule has 190 valence electrons. The van der Waals surface area contributed by atoms with Crippen LogP contribution in [-0.4, -0.2) is 34.0 Å². The highest BCUT2D eigenvalue weighted by molar-refractivity contribution is 7.99. The van der Waals surface area contributed by atoms with E-state index in [4.69, 9.17) is 11.6 Å². The molecule has 0 fully saturated rings. The van der Waals surface area contributed by atoms with E-state index in [1.54, 1.807) is 16.7 Å². The highest BCUT2D eigenvalue weighted by atomic mass is 35.5. The minimum absolute atomic E-state index is 0.0847. The Morgan fingerprint density at radius 2 is 1.53 bits per heavy atom. The van der Waals surface area contributed by atoms with E-state index < -0.39 is 11.6 Å². The van der Waals surface area contributed by atoms with Gasteiger partial charge < -0.3 is 10.2 Å². The van der Waals surface area contributed by atoms with Crippen LogP contribution in [0.3, 0.4) is 0 Å². The van der Waals surface area contributed by atoms with Crippen LogP contribution in [-0.2, 0) is 28.3 Å². The van der Waals surface area contributed by atoms with E-state index in [0.29, 0.717) is 11.4 Å². The van der Waals surface area contributed by atoms with E-state index in [0.717, 1.165) is 16.9 Å². The topological polar surface area (TPSA) is 49.4 Å². The summed E-state index contributed by atoms with van der Waals surface area (Å²) in [6, 6.07) is 24.8. The fraction of sp³-hybridized carbons (Fsp3) is 0.333. The van der Waals surface area contributed by atoms with Crippen LogP contribution in [0.15, 0.2) is 78.9 Å². The molecule has 0 bridgehead atoms.